The van der Waals surface area contributed by atoms with Gasteiger partial charge < -0.3 is 14.2 Å². The second-order valence-corrected chi connectivity index (χ2v) is 7.46. The van der Waals surface area contributed by atoms with Crippen LogP contribution in [-0.4, -0.2) is 38.2 Å². The maximum absolute atomic E-state index is 12.3. The van der Waals surface area contributed by atoms with Gasteiger partial charge in [-0.05, 0) is 59.3 Å². The van der Waals surface area contributed by atoms with Crippen molar-refractivity contribution in [2.75, 3.05) is 20.3 Å². The van der Waals surface area contributed by atoms with Crippen molar-refractivity contribution >= 4 is 50.9 Å². The van der Waals surface area contributed by atoms with Crippen molar-refractivity contribution in [1.82, 2.24) is 10.9 Å². The van der Waals surface area contributed by atoms with Crippen LogP contribution in [0.15, 0.2) is 40.9 Å². The van der Waals surface area contributed by atoms with Gasteiger partial charge in [-0.15, -0.1) is 0 Å². The van der Waals surface area contributed by atoms with Crippen LogP contribution in [0.1, 0.15) is 17.3 Å². The third kappa shape index (κ3) is 7.08. The second-order valence-electron chi connectivity index (χ2n) is 5.76. The van der Waals surface area contributed by atoms with Gasteiger partial charge in [0.25, 0.3) is 11.8 Å². The van der Waals surface area contributed by atoms with Crippen molar-refractivity contribution in [2.24, 2.45) is 0 Å². The van der Waals surface area contributed by atoms with Gasteiger partial charge in [0, 0.05) is 17.7 Å². The molecule has 2 aromatic carbocycles. The van der Waals surface area contributed by atoms with Gasteiger partial charge in [-0.1, -0.05) is 23.2 Å². The molecule has 0 aliphatic carbocycles. The standard InChI is InChI=1S/C19H19BrCl2N2O5/c1-11(29-17-6-4-13(21)10-15(17)22)18(25)23-24-19(26)12-3-5-16(14(20)9-12)28-8-7-27-2/h3-6,9-11H,7-8H2,1-2H3,(H,23,25)(H,24,26). The molecule has 2 rings (SSSR count). The van der Waals surface area contributed by atoms with Crippen LogP contribution in [0.5, 0.6) is 11.5 Å². The van der Waals surface area contributed by atoms with Crippen molar-refractivity contribution < 1.29 is 23.8 Å². The minimum atomic E-state index is -0.905. The summed E-state index contributed by atoms with van der Waals surface area (Å²) in [5, 5.41) is 0.729. The Hall–Kier alpha value is -2.00. The maximum atomic E-state index is 12.3. The number of rotatable bonds is 8. The van der Waals surface area contributed by atoms with E-state index < -0.39 is 17.9 Å². The van der Waals surface area contributed by atoms with E-state index in [1.165, 1.54) is 13.0 Å². The average molecular weight is 506 g/mol. The Morgan fingerprint density at radius 3 is 2.45 bits per heavy atom. The number of halogens is 3. The second kappa shape index (κ2) is 11.3. The summed E-state index contributed by atoms with van der Waals surface area (Å²) in [5.41, 5.74) is 4.97. The predicted molar refractivity (Wildman–Crippen MR) is 114 cm³/mol. The lowest BCUT2D eigenvalue weighted by Gasteiger charge is -2.16. The lowest BCUT2D eigenvalue weighted by molar-refractivity contribution is -0.128. The number of benzene rings is 2. The molecule has 0 spiro atoms. The molecule has 0 heterocycles. The molecule has 2 N–H and O–H groups in total. The number of carbonyl (C=O) groups is 2. The van der Waals surface area contributed by atoms with Crippen molar-refractivity contribution in [3.8, 4) is 11.5 Å². The van der Waals surface area contributed by atoms with Crippen LogP contribution in [0.3, 0.4) is 0 Å². The first kappa shape index (κ1) is 23.3. The summed E-state index contributed by atoms with van der Waals surface area (Å²) < 4.78 is 16.5. The number of carbonyl (C=O) groups excluding carboxylic acids is 2. The summed E-state index contributed by atoms with van der Waals surface area (Å²) in [6.07, 6.45) is -0.905. The van der Waals surface area contributed by atoms with Crippen LogP contribution in [0.25, 0.3) is 0 Å². The van der Waals surface area contributed by atoms with Crippen molar-refractivity contribution in [3.05, 3.63) is 56.5 Å². The molecule has 29 heavy (non-hydrogen) atoms. The summed E-state index contributed by atoms with van der Waals surface area (Å²) in [6, 6.07) is 9.45. The number of hydrogen-bond acceptors (Lipinski definition) is 5. The largest absolute Gasteiger partial charge is 0.490 e. The number of methoxy groups -OCH3 is 1. The molecule has 0 saturated carbocycles. The molecule has 0 aliphatic rings. The molecule has 2 amide bonds. The van der Waals surface area contributed by atoms with E-state index in [1.807, 2.05) is 0 Å². The molecule has 0 bridgehead atoms. The van der Waals surface area contributed by atoms with Gasteiger partial charge in [-0.2, -0.15) is 0 Å². The topological polar surface area (TPSA) is 85.9 Å². The molecule has 7 nitrogen and oxygen atoms in total. The van der Waals surface area contributed by atoms with E-state index in [9.17, 15) is 9.59 Å². The Labute approximate surface area is 186 Å². The van der Waals surface area contributed by atoms with Gasteiger partial charge in [-0.3, -0.25) is 20.4 Å². The summed E-state index contributed by atoms with van der Waals surface area (Å²) >= 11 is 15.2. The Balaban J connectivity index is 1.89. The van der Waals surface area contributed by atoms with Crippen LogP contribution in [0.4, 0.5) is 0 Å². The number of nitrogens with one attached hydrogen (secondary N) is 2. The van der Waals surface area contributed by atoms with E-state index in [-0.39, 0.29) is 5.02 Å². The number of hydrogen-bond donors (Lipinski definition) is 2. The van der Waals surface area contributed by atoms with E-state index in [2.05, 4.69) is 26.8 Å². The first-order chi connectivity index (χ1) is 13.8. The number of amides is 2. The van der Waals surface area contributed by atoms with E-state index in [4.69, 9.17) is 37.4 Å². The molecular weight excluding hydrogens is 487 g/mol. The Bertz CT molecular complexity index is 882. The zero-order valence-corrected chi connectivity index (χ0v) is 18.7. The van der Waals surface area contributed by atoms with Crippen LogP contribution in [0.2, 0.25) is 10.0 Å². The van der Waals surface area contributed by atoms with E-state index in [1.54, 1.807) is 37.4 Å². The van der Waals surface area contributed by atoms with Gasteiger partial charge in [0.1, 0.15) is 18.1 Å². The average Bonchev–Trinajstić information content (AvgIpc) is 2.69. The third-order valence-electron chi connectivity index (χ3n) is 3.61. The molecule has 2 aromatic rings. The molecule has 1 unspecified atom stereocenters. The Kier molecular flexibility index (Phi) is 9.03. The summed E-state index contributed by atoms with van der Waals surface area (Å²) in [7, 11) is 1.58. The van der Waals surface area contributed by atoms with E-state index in [0.717, 1.165) is 0 Å². The first-order valence-electron chi connectivity index (χ1n) is 8.45. The smallest absolute Gasteiger partial charge is 0.279 e. The minimum absolute atomic E-state index is 0.277. The predicted octanol–water partition coefficient (Wildman–Crippen LogP) is 4.01. The Morgan fingerprint density at radius 2 is 1.79 bits per heavy atom. The quantitative estimate of drug-likeness (QED) is 0.418. The van der Waals surface area contributed by atoms with Crippen molar-refractivity contribution in [2.45, 2.75) is 13.0 Å². The molecule has 10 heteroatoms. The molecule has 0 saturated heterocycles. The van der Waals surface area contributed by atoms with Crippen molar-refractivity contribution in [1.29, 1.82) is 0 Å². The van der Waals surface area contributed by atoms with Crippen LogP contribution in [-0.2, 0) is 9.53 Å². The summed E-state index contributed by atoms with van der Waals surface area (Å²) in [6.45, 7) is 2.35. The minimum Gasteiger partial charge on any atom is -0.490 e. The molecule has 0 aromatic heterocycles. The van der Waals surface area contributed by atoms with E-state index in [0.29, 0.717) is 39.8 Å². The first-order valence-corrected chi connectivity index (χ1v) is 10.00. The molecule has 0 fully saturated rings. The monoisotopic (exact) mass is 504 g/mol. The Morgan fingerprint density at radius 1 is 1.07 bits per heavy atom. The van der Waals surface area contributed by atoms with Gasteiger partial charge in [0.2, 0.25) is 0 Å². The zero-order valence-electron chi connectivity index (χ0n) is 15.6. The van der Waals surface area contributed by atoms with Crippen LogP contribution in [0, 0.1) is 0 Å². The highest BCUT2D eigenvalue weighted by atomic mass is 79.9. The fourth-order valence-electron chi connectivity index (χ4n) is 2.10. The number of ether oxygens (including phenoxy) is 3. The van der Waals surface area contributed by atoms with Gasteiger partial charge >= 0.3 is 0 Å². The third-order valence-corrected chi connectivity index (χ3v) is 4.76. The van der Waals surface area contributed by atoms with E-state index >= 15 is 0 Å². The maximum Gasteiger partial charge on any atom is 0.279 e. The molecule has 156 valence electrons. The highest BCUT2D eigenvalue weighted by molar-refractivity contribution is 9.10. The normalized spacial score (nSPS) is 11.5. The van der Waals surface area contributed by atoms with Gasteiger partial charge in [-0.25, -0.2) is 0 Å². The van der Waals surface area contributed by atoms with Gasteiger partial charge in [0.05, 0.1) is 16.1 Å². The van der Waals surface area contributed by atoms with Crippen LogP contribution >= 0.6 is 39.1 Å². The summed E-state index contributed by atoms with van der Waals surface area (Å²) in [4.78, 5) is 24.4. The van der Waals surface area contributed by atoms with Gasteiger partial charge in [0.15, 0.2) is 6.10 Å². The fraction of sp³-hybridized carbons (Fsp3) is 0.263. The summed E-state index contributed by atoms with van der Waals surface area (Å²) in [5.74, 6) is -0.176. The highest BCUT2D eigenvalue weighted by Gasteiger charge is 2.18. The lowest BCUT2D eigenvalue weighted by atomic mass is 10.2. The molecule has 0 aliphatic heterocycles. The lowest BCUT2D eigenvalue weighted by Crippen LogP contribution is -2.47. The fourth-order valence-corrected chi connectivity index (χ4v) is 3.05. The molecule has 1 atom stereocenters. The SMILES string of the molecule is COCCOc1ccc(C(=O)NNC(=O)C(C)Oc2ccc(Cl)cc2Cl)cc1Br. The van der Waals surface area contributed by atoms with Crippen molar-refractivity contribution in [3.63, 3.8) is 0 Å². The molecular formula is C19H19BrCl2N2O5. The number of hydrazine groups is 1. The zero-order chi connectivity index (χ0) is 21.4. The van der Waals surface area contributed by atoms with Crippen LogP contribution < -0.4 is 20.3 Å². The molecule has 0 radical (unpaired) electrons. The highest BCUT2D eigenvalue weighted by Crippen LogP contribution is 2.28.